The molecule has 1 heterocycles. The molecule has 35 heavy (non-hydrogen) atoms. The summed E-state index contributed by atoms with van der Waals surface area (Å²) < 4.78 is 42.3. The van der Waals surface area contributed by atoms with Crippen LogP contribution in [0.1, 0.15) is 36.8 Å². The van der Waals surface area contributed by atoms with Gasteiger partial charge in [-0.2, -0.15) is 0 Å². The highest BCUT2D eigenvalue weighted by molar-refractivity contribution is 9.10. The van der Waals surface area contributed by atoms with Crippen molar-refractivity contribution in [2.75, 3.05) is 13.1 Å². The van der Waals surface area contributed by atoms with Crippen molar-refractivity contribution in [1.82, 2.24) is 16.0 Å². The monoisotopic (exact) mass is 553 g/mol. The van der Waals surface area contributed by atoms with Crippen molar-refractivity contribution in [3.8, 4) is 5.75 Å². The van der Waals surface area contributed by atoms with Crippen LogP contribution < -0.4 is 20.7 Å². The number of amides is 2. The molecule has 1 aliphatic heterocycles. The predicted molar refractivity (Wildman–Crippen MR) is 128 cm³/mol. The molecular weight excluding hydrogens is 527 g/mol. The molecule has 1 saturated carbocycles. The van der Waals surface area contributed by atoms with E-state index in [0.717, 1.165) is 36.0 Å². The van der Waals surface area contributed by atoms with Crippen LogP contribution in [-0.4, -0.2) is 43.3 Å². The van der Waals surface area contributed by atoms with Gasteiger partial charge < -0.3 is 20.7 Å². The number of carbonyl (C=O) groups excluding carboxylic acids is 2. The highest BCUT2D eigenvalue weighted by atomic mass is 79.9. The SMILES string of the molecule is O=C(NC1CCNCC1)C(Cc1ccc(Br)cc1)NC(=O)C1(c2ccc(OC(F)(F)F)cc2)CC1. The first-order chi connectivity index (χ1) is 16.6. The molecule has 1 atom stereocenters. The van der Waals surface area contributed by atoms with Gasteiger partial charge in [0.2, 0.25) is 11.8 Å². The third-order valence-corrected chi connectivity index (χ3v) is 7.01. The van der Waals surface area contributed by atoms with Gasteiger partial charge in [0.05, 0.1) is 5.41 Å². The van der Waals surface area contributed by atoms with Crippen molar-refractivity contribution in [1.29, 1.82) is 0 Å². The molecule has 2 aromatic rings. The van der Waals surface area contributed by atoms with Gasteiger partial charge in [-0.25, -0.2) is 0 Å². The molecule has 0 spiro atoms. The van der Waals surface area contributed by atoms with E-state index in [4.69, 9.17) is 0 Å². The largest absolute Gasteiger partial charge is 0.573 e. The second-order valence-electron chi connectivity index (χ2n) is 9.04. The standard InChI is InChI=1S/C25H27BrF3N3O3/c26-18-5-1-16(2-6-18)15-21(22(33)31-19-9-13-30-14-10-19)32-23(34)24(11-12-24)17-3-7-20(8-4-17)35-25(27,28)29/h1-8,19,21,30H,9-15H2,(H,31,33)(H,32,34). The Morgan fingerprint density at radius 3 is 2.26 bits per heavy atom. The Hall–Kier alpha value is -2.59. The van der Waals surface area contributed by atoms with Crippen molar-refractivity contribution in [2.45, 2.75) is 56.0 Å². The molecule has 2 fully saturated rings. The molecule has 3 N–H and O–H groups in total. The van der Waals surface area contributed by atoms with E-state index in [9.17, 15) is 22.8 Å². The lowest BCUT2D eigenvalue weighted by Crippen LogP contribution is -2.54. The maximum Gasteiger partial charge on any atom is 0.573 e. The Kier molecular flexibility index (Phi) is 7.70. The lowest BCUT2D eigenvalue weighted by Gasteiger charge is -2.27. The van der Waals surface area contributed by atoms with Crippen LogP contribution in [0.25, 0.3) is 0 Å². The summed E-state index contributed by atoms with van der Waals surface area (Å²) in [6, 6.07) is 12.2. The van der Waals surface area contributed by atoms with Crippen LogP contribution in [-0.2, 0) is 21.4 Å². The normalized spacial score (nSPS) is 18.4. The lowest BCUT2D eigenvalue weighted by atomic mass is 9.93. The molecule has 4 rings (SSSR count). The van der Waals surface area contributed by atoms with E-state index < -0.39 is 17.8 Å². The fourth-order valence-corrected chi connectivity index (χ4v) is 4.64. The van der Waals surface area contributed by atoms with Gasteiger partial charge in [-0.15, -0.1) is 13.2 Å². The Morgan fingerprint density at radius 1 is 1.06 bits per heavy atom. The maximum absolute atomic E-state index is 13.4. The number of benzene rings is 2. The Morgan fingerprint density at radius 2 is 1.69 bits per heavy atom. The van der Waals surface area contributed by atoms with Crippen LogP contribution in [0.2, 0.25) is 0 Å². The summed E-state index contributed by atoms with van der Waals surface area (Å²) in [4.78, 5) is 26.6. The molecule has 1 aliphatic carbocycles. The van der Waals surface area contributed by atoms with E-state index in [0.29, 0.717) is 24.8 Å². The number of halogens is 4. The summed E-state index contributed by atoms with van der Waals surface area (Å²) in [6.07, 6.45) is -1.71. The zero-order chi connectivity index (χ0) is 25.1. The van der Waals surface area contributed by atoms with Gasteiger partial charge in [0.25, 0.3) is 0 Å². The zero-order valence-corrected chi connectivity index (χ0v) is 20.5. The highest BCUT2D eigenvalue weighted by Crippen LogP contribution is 2.49. The van der Waals surface area contributed by atoms with Crippen LogP contribution in [0, 0.1) is 0 Å². The van der Waals surface area contributed by atoms with Gasteiger partial charge >= 0.3 is 6.36 Å². The second-order valence-corrected chi connectivity index (χ2v) is 9.96. The Labute approximate surface area is 210 Å². The van der Waals surface area contributed by atoms with E-state index in [-0.39, 0.29) is 23.6 Å². The summed E-state index contributed by atoms with van der Waals surface area (Å²) >= 11 is 3.40. The minimum atomic E-state index is -4.78. The third-order valence-electron chi connectivity index (χ3n) is 6.49. The molecule has 2 amide bonds. The molecule has 2 aromatic carbocycles. The summed E-state index contributed by atoms with van der Waals surface area (Å²) in [7, 11) is 0. The average Bonchev–Trinajstić information content (AvgIpc) is 3.62. The lowest BCUT2D eigenvalue weighted by molar-refractivity contribution is -0.274. The summed E-state index contributed by atoms with van der Waals surface area (Å²) in [5.74, 6) is -0.880. The predicted octanol–water partition coefficient (Wildman–Crippen LogP) is 3.98. The number of hydrogen-bond acceptors (Lipinski definition) is 4. The second kappa shape index (κ2) is 10.6. The average molecular weight is 554 g/mol. The van der Waals surface area contributed by atoms with E-state index in [2.05, 4.69) is 36.6 Å². The third kappa shape index (κ3) is 6.76. The molecule has 2 aliphatic rings. The Balaban J connectivity index is 1.48. The van der Waals surface area contributed by atoms with Gasteiger partial charge in [-0.05, 0) is 74.2 Å². The molecule has 1 unspecified atom stereocenters. The van der Waals surface area contributed by atoms with Gasteiger partial charge in [-0.3, -0.25) is 9.59 Å². The molecule has 1 saturated heterocycles. The summed E-state index contributed by atoms with van der Waals surface area (Å²) in [5.41, 5.74) is 0.646. The van der Waals surface area contributed by atoms with E-state index in [1.165, 1.54) is 24.3 Å². The number of carbonyl (C=O) groups is 2. The first-order valence-electron chi connectivity index (χ1n) is 11.6. The topological polar surface area (TPSA) is 79.5 Å². The van der Waals surface area contributed by atoms with E-state index in [1.54, 1.807) is 0 Å². The zero-order valence-electron chi connectivity index (χ0n) is 19.0. The molecule has 6 nitrogen and oxygen atoms in total. The van der Waals surface area contributed by atoms with Crippen molar-refractivity contribution in [3.05, 3.63) is 64.1 Å². The fourth-order valence-electron chi connectivity index (χ4n) is 4.38. The minimum Gasteiger partial charge on any atom is -0.406 e. The van der Waals surface area contributed by atoms with Crippen LogP contribution >= 0.6 is 15.9 Å². The van der Waals surface area contributed by atoms with Gasteiger partial charge in [0.15, 0.2) is 0 Å². The summed E-state index contributed by atoms with van der Waals surface area (Å²) in [6.45, 7) is 1.65. The highest BCUT2D eigenvalue weighted by Gasteiger charge is 2.52. The van der Waals surface area contributed by atoms with E-state index in [1.807, 2.05) is 24.3 Å². The van der Waals surface area contributed by atoms with Crippen molar-refractivity contribution in [3.63, 3.8) is 0 Å². The molecule has 0 bridgehead atoms. The number of rotatable bonds is 8. The maximum atomic E-state index is 13.4. The number of nitrogens with one attached hydrogen (secondary N) is 3. The molecule has 0 aromatic heterocycles. The first-order valence-corrected chi connectivity index (χ1v) is 12.4. The van der Waals surface area contributed by atoms with Crippen LogP contribution in [0.5, 0.6) is 5.75 Å². The number of piperidine rings is 1. The molecule has 188 valence electrons. The first kappa shape index (κ1) is 25.5. The molecular formula is C25H27BrF3N3O3. The molecule has 0 radical (unpaired) electrons. The Bertz CT molecular complexity index is 1030. The van der Waals surface area contributed by atoms with Gasteiger partial charge in [-0.1, -0.05) is 40.2 Å². The molecule has 10 heteroatoms. The number of ether oxygens (including phenoxy) is 1. The van der Waals surface area contributed by atoms with Gasteiger partial charge in [0, 0.05) is 16.9 Å². The van der Waals surface area contributed by atoms with Crippen LogP contribution in [0.3, 0.4) is 0 Å². The van der Waals surface area contributed by atoms with Crippen LogP contribution in [0.4, 0.5) is 13.2 Å². The van der Waals surface area contributed by atoms with E-state index >= 15 is 0 Å². The fraction of sp³-hybridized carbons (Fsp3) is 0.440. The number of alkyl halides is 3. The summed E-state index contributed by atoms with van der Waals surface area (Å²) in [5, 5.41) is 9.27. The van der Waals surface area contributed by atoms with Crippen LogP contribution in [0.15, 0.2) is 53.0 Å². The smallest absolute Gasteiger partial charge is 0.406 e. The number of hydrogen-bond donors (Lipinski definition) is 3. The van der Waals surface area contributed by atoms with Crippen molar-refractivity contribution < 1.29 is 27.5 Å². The van der Waals surface area contributed by atoms with Crippen molar-refractivity contribution in [2.24, 2.45) is 0 Å². The van der Waals surface area contributed by atoms with Gasteiger partial charge in [0.1, 0.15) is 11.8 Å². The quantitative estimate of drug-likeness (QED) is 0.462. The van der Waals surface area contributed by atoms with Crippen molar-refractivity contribution >= 4 is 27.7 Å². The minimum absolute atomic E-state index is 0.0455.